The van der Waals surface area contributed by atoms with E-state index in [9.17, 15) is 14.3 Å². The van der Waals surface area contributed by atoms with Crippen molar-refractivity contribution in [2.75, 3.05) is 54.1 Å². The molecule has 0 saturated heterocycles. The van der Waals surface area contributed by atoms with Gasteiger partial charge in [0.05, 0.1) is 34.4 Å². The van der Waals surface area contributed by atoms with E-state index in [1.807, 2.05) is 21.1 Å². The van der Waals surface area contributed by atoms with Gasteiger partial charge in [0.2, 0.25) is 0 Å². The summed E-state index contributed by atoms with van der Waals surface area (Å²) >= 11 is 0. The van der Waals surface area contributed by atoms with Gasteiger partial charge in [-0.15, -0.1) is 0 Å². The molecule has 2 atom stereocenters. The van der Waals surface area contributed by atoms with Crippen molar-refractivity contribution in [1.29, 1.82) is 0 Å². The first-order valence-corrected chi connectivity index (χ1v) is 24.0. The Bertz CT molecular complexity index is 1080. The number of hydrogen-bond donors (Lipinski definition) is 1. The van der Waals surface area contributed by atoms with Crippen molar-refractivity contribution in [2.24, 2.45) is 0 Å². The van der Waals surface area contributed by atoms with Crippen LogP contribution in [0, 0.1) is 0 Å². The molecule has 0 spiro atoms. The van der Waals surface area contributed by atoms with E-state index in [2.05, 4.69) is 74.6 Å². The lowest BCUT2D eigenvalue weighted by atomic mass is 10.1. The minimum atomic E-state index is -4.28. The fourth-order valence-electron chi connectivity index (χ4n) is 5.84. The SMILES string of the molecule is CC/C=C\C/C=C\C/C=C\C/C=C\CCCCCCCCCCCCCOCC(COP(=O)(O)OCC[N+](C)(C)C)OC(=O)CCCCCCC/C=C\CCC. The molecule has 0 aromatic rings. The molecule has 0 aliphatic rings. The molecule has 326 valence electrons. The highest BCUT2D eigenvalue weighted by Gasteiger charge is 2.26. The molecule has 0 aromatic carbocycles. The van der Waals surface area contributed by atoms with Gasteiger partial charge >= 0.3 is 13.8 Å². The van der Waals surface area contributed by atoms with E-state index < -0.39 is 13.9 Å². The lowest BCUT2D eigenvalue weighted by Gasteiger charge is -2.24. The van der Waals surface area contributed by atoms with Gasteiger partial charge in [-0.3, -0.25) is 13.8 Å². The number of carbonyl (C=O) groups excluding carboxylic acids is 1. The van der Waals surface area contributed by atoms with Crippen LogP contribution in [0.1, 0.15) is 174 Å². The third kappa shape index (κ3) is 43.3. The third-order valence-corrected chi connectivity index (χ3v) is 10.3. The van der Waals surface area contributed by atoms with E-state index in [0.29, 0.717) is 24.1 Å². The third-order valence-electron chi connectivity index (χ3n) is 9.29. The molecule has 0 radical (unpaired) electrons. The van der Waals surface area contributed by atoms with Crippen molar-refractivity contribution < 1.29 is 37.3 Å². The quantitative estimate of drug-likeness (QED) is 0.0216. The fourth-order valence-corrected chi connectivity index (χ4v) is 6.58. The monoisotopic (exact) mass is 809 g/mol. The average Bonchev–Trinajstić information content (AvgIpc) is 3.15. The summed E-state index contributed by atoms with van der Waals surface area (Å²) in [6.45, 7) is 5.42. The van der Waals surface area contributed by atoms with Crippen molar-refractivity contribution in [3.05, 3.63) is 60.8 Å². The molecule has 0 heterocycles. The van der Waals surface area contributed by atoms with Gasteiger partial charge in [0.1, 0.15) is 19.3 Å². The zero-order chi connectivity index (χ0) is 41.3. The maximum atomic E-state index is 12.6. The molecule has 0 aliphatic heterocycles. The smallest absolute Gasteiger partial charge is 0.457 e. The van der Waals surface area contributed by atoms with Gasteiger partial charge in [0, 0.05) is 13.0 Å². The van der Waals surface area contributed by atoms with Crippen molar-refractivity contribution in [3.8, 4) is 0 Å². The Morgan fingerprint density at radius 3 is 1.57 bits per heavy atom. The van der Waals surface area contributed by atoms with Crippen LogP contribution in [-0.2, 0) is 27.9 Å². The number of esters is 1. The average molecular weight is 809 g/mol. The summed E-state index contributed by atoms with van der Waals surface area (Å²) in [4.78, 5) is 22.8. The van der Waals surface area contributed by atoms with Gasteiger partial charge < -0.3 is 18.9 Å². The van der Waals surface area contributed by atoms with Gasteiger partial charge in [0.25, 0.3) is 0 Å². The number of allylic oxidation sites excluding steroid dienone is 10. The number of nitrogens with zero attached hydrogens (tertiary/aromatic N) is 1. The minimum Gasteiger partial charge on any atom is -0.457 e. The molecule has 0 bridgehead atoms. The van der Waals surface area contributed by atoms with Gasteiger partial charge in [0.15, 0.2) is 0 Å². The van der Waals surface area contributed by atoms with Crippen LogP contribution in [0.15, 0.2) is 60.8 Å². The van der Waals surface area contributed by atoms with Crippen molar-refractivity contribution in [3.63, 3.8) is 0 Å². The summed E-state index contributed by atoms with van der Waals surface area (Å²) in [7, 11) is 1.65. The van der Waals surface area contributed by atoms with Gasteiger partial charge in [-0.1, -0.05) is 158 Å². The first-order chi connectivity index (χ1) is 27.1. The number of ether oxygens (including phenoxy) is 2. The Kier molecular flexibility index (Phi) is 38.7. The summed E-state index contributed by atoms with van der Waals surface area (Å²) in [5.74, 6) is -0.328. The van der Waals surface area contributed by atoms with Crippen molar-refractivity contribution >= 4 is 13.8 Å². The van der Waals surface area contributed by atoms with Gasteiger partial charge in [-0.25, -0.2) is 4.57 Å². The molecule has 0 rings (SSSR count). The number of rotatable bonds is 41. The van der Waals surface area contributed by atoms with Gasteiger partial charge in [-0.05, 0) is 70.6 Å². The van der Waals surface area contributed by atoms with Crippen LogP contribution in [-0.4, -0.2) is 75.6 Å². The number of hydrogen-bond acceptors (Lipinski definition) is 6. The Labute approximate surface area is 345 Å². The number of unbranched alkanes of at least 4 members (excludes halogenated alkanes) is 17. The zero-order valence-corrected chi connectivity index (χ0v) is 37.7. The number of likely N-dealkylation sites (N-methyl/N-ethyl adjacent to an activating group) is 1. The molecule has 2 unspecified atom stereocenters. The number of phosphoric ester groups is 1. The predicted octanol–water partition coefficient (Wildman–Crippen LogP) is 13.3. The van der Waals surface area contributed by atoms with Crippen LogP contribution in [0.4, 0.5) is 0 Å². The van der Waals surface area contributed by atoms with Crippen molar-refractivity contribution in [2.45, 2.75) is 180 Å². The Balaban J connectivity index is 4.10. The second kappa shape index (κ2) is 40.0. The summed E-state index contributed by atoms with van der Waals surface area (Å²) < 4.78 is 34.9. The summed E-state index contributed by atoms with van der Waals surface area (Å²) in [5, 5.41) is 0. The molecule has 0 aromatic heterocycles. The molecule has 0 fully saturated rings. The second-order valence-corrected chi connectivity index (χ2v) is 17.5. The van der Waals surface area contributed by atoms with E-state index in [0.717, 1.165) is 77.0 Å². The maximum Gasteiger partial charge on any atom is 0.472 e. The molecule has 8 nitrogen and oxygen atoms in total. The Hall–Kier alpha value is -1.80. The standard InChI is InChI=1S/C47H86NO7P/c1-6-8-10-12-14-16-18-19-20-21-22-23-24-25-26-27-28-29-30-31-33-35-37-39-42-52-44-46(45-54-56(50,51)53-43-41-48(3,4)5)55-47(49)40-38-36-34-32-17-15-13-11-9-7-2/h8,10-11,13-14,16,19-20,22-23,46H,6-7,9,12,15,17-18,21,24-45H2,1-5H3/p+1/b10-8-,13-11-,16-14-,20-19-,23-22-. The number of carbonyl (C=O) groups is 1. The zero-order valence-electron chi connectivity index (χ0n) is 36.9. The summed E-state index contributed by atoms with van der Waals surface area (Å²) in [6, 6.07) is 0. The number of quaternary nitrogens is 1. The Morgan fingerprint density at radius 1 is 0.571 bits per heavy atom. The Morgan fingerprint density at radius 2 is 1.04 bits per heavy atom. The van der Waals surface area contributed by atoms with E-state index in [4.69, 9.17) is 18.5 Å². The van der Waals surface area contributed by atoms with E-state index in [1.54, 1.807) is 0 Å². The highest BCUT2D eigenvalue weighted by molar-refractivity contribution is 7.47. The second-order valence-electron chi connectivity index (χ2n) is 16.0. The van der Waals surface area contributed by atoms with Crippen LogP contribution in [0.25, 0.3) is 0 Å². The van der Waals surface area contributed by atoms with Crippen LogP contribution in [0.2, 0.25) is 0 Å². The lowest BCUT2D eigenvalue weighted by Crippen LogP contribution is -2.37. The predicted molar refractivity (Wildman–Crippen MR) is 238 cm³/mol. The first-order valence-electron chi connectivity index (χ1n) is 22.5. The van der Waals surface area contributed by atoms with Crippen LogP contribution in [0.5, 0.6) is 0 Å². The normalized spacial score (nSPS) is 14.3. The number of phosphoric acid groups is 1. The molecule has 0 aliphatic carbocycles. The molecule has 0 amide bonds. The maximum absolute atomic E-state index is 12.6. The van der Waals surface area contributed by atoms with Crippen LogP contribution < -0.4 is 0 Å². The summed E-state index contributed by atoms with van der Waals surface area (Å²) in [6.07, 6.45) is 49.8. The lowest BCUT2D eigenvalue weighted by molar-refractivity contribution is -0.870. The molecule has 9 heteroatoms. The molecule has 56 heavy (non-hydrogen) atoms. The van der Waals surface area contributed by atoms with Gasteiger partial charge in [-0.2, -0.15) is 0 Å². The van der Waals surface area contributed by atoms with Crippen molar-refractivity contribution in [1.82, 2.24) is 0 Å². The summed E-state index contributed by atoms with van der Waals surface area (Å²) in [5.41, 5.74) is 0. The largest absolute Gasteiger partial charge is 0.472 e. The molecule has 0 saturated carbocycles. The van der Waals surface area contributed by atoms with E-state index >= 15 is 0 Å². The fraction of sp³-hybridized carbons (Fsp3) is 0.766. The van der Waals surface area contributed by atoms with E-state index in [-0.39, 0.29) is 25.8 Å². The highest BCUT2D eigenvalue weighted by atomic mass is 31.2. The van der Waals surface area contributed by atoms with E-state index in [1.165, 1.54) is 77.0 Å². The highest BCUT2D eigenvalue weighted by Crippen LogP contribution is 2.43. The van der Waals surface area contributed by atoms with Crippen LogP contribution in [0.3, 0.4) is 0 Å². The topological polar surface area (TPSA) is 91.3 Å². The molecule has 1 N–H and O–H groups in total. The minimum absolute atomic E-state index is 0.0843. The molecular weight excluding hydrogens is 721 g/mol. The first kappa shape index (κ1) is 54.2. The van der Waals surface area contributed by atoms with Crippen LogP contribution >= 0.6 is 7.82 Å². The molecular formula is C47H87NO7P+.